The number of amides is 2. The van der Waals surface area contributed by atoms with Crippen LogP contribution in [0.5, 0.6) is 5.75 Å². The van der Waals surface area contributed by atoms with E-state index in [1.54, 1.807) is 36.2 Å². The number of rotatable bonds is 0. The van der Waals surface area contributed by atoms with Crippen molar-refractivity contribution in [3.8, 4) is 5.75 Å². The van der Waals surface area contributed by atoms with Crippen molar-refractivity contribution in [2.45, 2.75) is 38.7 Å². The third-order valence-electron chi connectivity index (χ3n) is 7.91. The summed E-state index contributed by atoms with van der Waals surface area (Å²) in [5.74, 6) is -0.239. The Morgan fingerprint density at radius 1 is 1.03 bits per heavy atom. The van der Waals surface area contributed by atoms with Crippen LogP contribution in [-0.4, -0.2) is 57.6 Å². The van der Waals surface area contributed by atoms with Crippen LogP contribution < -0.4 is 14.4 Å². The first-order valence-corrected chi connectivity index (χ1v) is 15.5. The zero-order valence-corrected chi connectivity index (χ0v) is 23.6. The second-order valence-electron chi connectivity index (χ2n) is 10.6. The van der Waals surface area contributed by atoms with Gasteiger partial charge in [0.1, 0.15) is 12.4 Å². The third kappa shape index (κ3) is 6.41. The lowest BCUT2D eigenvalue weighted by molar-refractivity contribution is -0.139. The highest BCUT2D eigenvalue weighted by molar-refractivity contribution is 7.90. The summed E-state index contributed by atoms with van der Waals surface area (Å²) < 4.78 is 33.6. The number of benzene rings is 2. The maximum Gasteiger partial charge on any atom is 0.264 e. The number of sulfonamides is 1. The Morgan fingerprint density at radius 2 is 1.87 bits per heavy atom. The number of hydrogen-bond donors (Lipinski definition) is 1. The molecule has 2 bridgehead atoms. The maximum atomic E-state index is 13.2. The van der Waals surface area contributed by atoms with E-state index in [1.807, 2.05) is 18.2 Å². The molecule has 1 fully saturated rings. The Bertz CT molecular complexity index is 1390. The summed E-state index contributed by atoms with van der Waals surface area (Å²) in [6, 6.07) is 10.9. The van der Waals surface area contributed by atoms with E-state index in [1.165, 1.54) is 6.08 Å². The number of halogens is 1. The summed E-state index contributed by atoms with van der Waals surface area (Å²) >= 11 is 6.27. The Balaban J connectivity index is 1.53. The van der Waals surface area contributed by atoms with E-state index in [2.05, 4.69) is 9.62 Å². The number of anilines is 1. The number of nitrogens with zero attached hydrogens (tertiary/aromatic N) is 2. The summed E-state index contributed by atoms with van der Waals surface area (Å²) in [5, 5.41) is 0.695. The van der Waals surface area contributed by atoms with E-state index in [-0.39, 0.29) is 29.1 Å². The van der Waals surface area contributed by atoms with E-state index in [0.717, 1.165) is 48.9 Å². The van der Waals surface area contributed by atoms with Gasteiger partial charge in [-0.25, -0.2) is 13.1 Å². The van der Waals surface area contributed by atoms with Gasteiger partial charge in [-0.3, -0.25) is 9.59 Å². The minimum Gasteiger partial charge on any atom is -0.487 e. The highest BCUT2D eigenvalue weighted by atomic mass is 35.5. The molecule has 39 heavy (non-hydrogen) atoms. The normalized spacial score (nSPS) is 24.7. The minimum atomic E-state index is -3.89. The molecule has 2 aliphatic heterocycles. The predicted molar refractivity (Wildman–Crippen MR) is 152 cm³/mol. The maximum absolute atomic E-state index is 13.2. The summed E-state index contributed by atoms with van der Waals surface area (Å²) in [5.41, 5.74) is 3.19. The van der Waals surface area contributed by atoms with Gasteiger partial charge in [0.25, 0.3) is 5.91 Å². The first-order chi connectivity index (χ1) is 18.7. The molecule has 0 unspecified atom stereocenters. The molecule has 2 heterocycles. The van der Waals surface area contributed by atoms with Crippen molar-refractivity contribution in [1.29, 1.82) is 0 Å². The summed E-state index contributed by atoms with van der Waals surface area (Å²) in [4.78, 5) is 30.1. The molecule has 3 aliphatic rings. The first kappa shape index (κ1) is 27.5. The number of likely N-dealkylation sites (N-methyl/N-ethyl adjacent to an activating group) is 1. The van der Waals surface area contributed by atoms with Crippen LogP contribution in [0.2, 0.25) is 5.02 Å². The largest absolute Gasteiger partial charge is 0.487 e. The molecule has 2 atom stereocenters. The van der Waals surface area contributed by atoms with Gasteiger partial charge >= 0.3 is 0 Å². The standard InChI is InChI=1S/C29H34ClN3O5S/c1-32-13-4-5-15-39(36,37)31-28(34)21-9-12-27-26(17-21)33(18-22-8-11-25(22)29(32)35)14-3-2-6-20-16-24(30)10-7-23(20)19-38-27/h4-5,7,9-10,12,16-17,22,25H,2-3,6,8,11,13-15,18-19H2,1H3,(H,31,34)/b5-4+/t22-,25+/m0/s1. The van der Waals surface area contributed by atoms with Crippen molar-refractivity contribution >= 4 is 39.1 Å². The molecule has 10 heteroatoms. The van der Waals surface area contributed by atoms with Crippen LogP contribution >= 0.6 is 11.6 Å². The minimum absolute atomic E-state index is 0.0783. The van der Waals surface area contributed by atoms with Crippen LogP contribution in [0.1, 0.15) is 47.2 Å². The fourth-order valence-corrected chi connectivity index (χ4v) is 6.59. The van der Waals surface area contributed by atoms with Gasteiger partial charge in [0, 0.05) is 43.2 Å². The molecule has 2 aromatic carbocycles. The number of nitrogens with one attached hydrogen (secondary N) is 1. The Hall–Kier alpha value is -3.04. The fourth-order valence-electron chi connectivity index (χ4n) is 5.52. The molecule has 8 nitrogen and oxygen atoms in total. The van der Waals surface area contributed by atoms with Crippen molar-refractivity contribution in [2.75, 3.05) is 37.3 Å². The van der Waals surface area contributed by atoms with Crippen molar-refractivity contribution in [2.24, 2.45) is 11.8 Å². The van der Waals surface area contributed by atoms with Crippen LogP contribution in [0.15, 0.2) is 48.6 Å². The van der Waals surface area contributed by atoms with E-state index in [4.69, 9.17) is 16.3 Å². The molecule has 1 aliphatic carbocycles. The zero-order valence-electron chi connectivity index (χ0n) is 22.1. The molecular weight excluding hydrogens is 538 g/mol. The molecule has 2 aromatic rings. The van der Waals surface area contributed by atoms with Gasteiger partial charge < -0.3 is 14.5 Å². The highest BCUT2D eigenvalue weighted by Gasteiger charge is 2.39. The molecule has 208 valence electrons. The number of carbonyl (C=O) groups excluding carboxylic acids is 2. The van der Waals surface area contributed by atoms with Crippen LogP contribution in [-0.2, 0) is 27.8 Å². The Morgan fingerprint density at radius 3 is 2.67 bits per heavy atom. The predicted octanol–water partition coefficient (Wildman–Crippen LogP) is 4.18. The van der Waals surface area contributed by atoms with Crippen molar-refractivity contribution in [1.82, 2.24) is 9.62 Å². The third-order valence-corrected chi connectivity index (χ3v) is 9.28. The van der Waals surface area contributed by atoms with E-state index < -0.39 is 15.9 Å². The van der Waals surface area contributed by atoms with Crippen LogP contribution in [0.25, 0.3) is 0 Å². The Kier molecular flexibility index (Phi) is 8.19. The number of hydrogen-bond acceptors (Lipinski definition) is 6. The van der Waals surface area contributed by atoms with Crippen LogP contribution in [0.4, 0.5) is 5.69 Å². The molecule has 1 N–H and O–H groups in total. The van der Waals surface area contributed by atoms with E-state index >= 15 is 0 Å². The first-order valence-electron chi connectivity index (χ1n) is 13.4. The van der Waals surface area contributed by atoms with Gasteiger partial charge in [-0.05, 0) is 79.5 Å². The van der Waals surface area contributed by atoms with Gasteiger partial charge in [0.15, 0.2) is 0 Å². The van der Waals surface area contributed by atoms with Gasteiger partial charge in [-0.15, -0.1) is 0 Å². The lowest BCUT2D eigenvalue weighted by atomic mass is 9.72. The smallest absolute Gasteiger partial charge is 0.264 e. The number of carbonyl (C=O) groups is 2. The van der Waals surface area contributed by atoms with Crippen LogP contribution in [0.3, 0.4) is 0 Å². The summed E-state index contributed by atoms with van der Waals surface area (Å²) in [6.07, 6.45) is 7.63. The van der Waals surface area contributed by atoms with Gasteiger partial charge in [-0.2, -0.15) is 0 Å². The molecule has 0 radical (unpaired) electrons. The van der Waals surface area contributed by atoms with Crippen molar-refractivity contribution in [3.05, 3.63) is 70.3 Å². The molecule has 0 aromatic heterocycles. The van der Waals surface area contributed by atoms with Crippen LogP contribution in [0, 0.1) is 11.8 Å². The average molecular weight is 572 g/mol. The Labute approximate surface area is 235 Å². The average Bonchev–Trinajstić information content (AvgIpc) is 2.91. The summed E-state index contributed by atoms with van der Waals surface area (Å²) in [7, 11) is -2.15. The van der Waals surface area contributed by atoms with Crippen molar-refractivity contribution in [3.63, 3.8) is 0 Å². The quantitative estimate of drug-likeness (QED) is 0.477. The van der Waals surface area contributed by atoms with Gasteiger partial charge in [0.2, 0.25) is 15.9 Å². The topological polar surface area (TPSA) is 96.0 Å². The van der Waals surface area contributed by atoms with E-state index in [0.29, 0.717) is 37.0 Å². The molecule has 1 saturated carbocycles. The number of aryl methyl sites for hydroxylation is 1. The number of ether oxygens (including phenoxy) is 1. The molecule has 0 spiro atoms. The van der Waals surface area contributed by atoms with Crippen molar-refractivity contribution < 1.29 is 22.7 Å². The van der Waals surface area contributed by atoms with E-state index in [9.17, 15) is 18.0 Å². The molecule has 5 rings (SSSR count). The monoisotopic (exact) mass is 571 g/mol. The zero-order chi connectivity index (χ0) is 27.6. The SMILES string of the molecule is CN1C/C=C/CS(=O)(=O)NC(=O)c2ccc3c(c2)N(CCCCc2cc(Cl)ccc2CO3)C[C@@H]2CC[C@H]2C1=O. The lowest BCUT2D eigenvalue weighted by Gasteiger charge is -2.41. The summed E-state index contributed by atoms with van der Waals surface area (Å²) in [6.45, 7) is 2.02. The second-order valence-corrected chi connectivity index (χ2v) is 12.8. The van der Waals surface area contributed by atoms with Gasteiger partial charge in [0.05, 0.1) is 11.4 Å². The van der Waals surface area contributed by atoms with Gasteiger partial charge in [-0.1, -0.05) is 29.8 Å². The molecule has 2 amide bonds. The number of fused-ring (bicyclic) bond motifs is 3. The molecule has 0 saturated heterocycles. The lowest BCUT2D eigenvalue weighted by Crippen LogP contribution is -2.46. The second kappa shape index (κ2) is 11.6. The molecular formula is C29H34ClN3O5S. The fraction of sp³-hybridized carbons (Fsp3) is 0.448. The highest BCUT2D eigenvalue weighted by Crippen LogP contribution is 2.39.